The highest BCUT2D eigenvalue weighted by atomic mass is 79.9. The van der Waals surface area contributed by atoms with E-state index in [2.05, 4.69) is 42.5 Å². The van der Waals surface area contributed by atoms with Crippen LogP contribution in [0.2, 0.25) is 0 Å². The fourth-order valence-electron chi connectivity index (χ4n) is 7.39. The molecule has 2 atom stereocenters. The minimum atomic E-state index is -4.90. The molecule has 2 aliphatic heterocycles. The van der Waals surface area contributed by atoms with Gasteiger partial charge >= 0.3 is 24.3 Å². The maximum atomic E-state index is 14.5. The molecule has 6 aromatic carbocycles. The van der Waals surface area contributed by atoms with Gasteiger partial charge in [-0.2, -0.15) is 26.3 Å². The Labute approximate surface area is 390 Å². The smallest absolute Gasteiger partial charge is 0.433 e. The highest BCUT2D eigenvalue weighted by Gasteiger charge is 2.63. The molecular weight excluding hydrogens is 998 g/mol. The predicted molar refractivity (Wildman–Crippen MR) is 240 cm³/mol. The molecule has 0 bridgehead atoms. The summed E-state index contributed by atoms with van der Waals surface area (Å²) < 4.78 is 98.4. The van der Waals surface area contributed by atoms with Gasteiger partial charge in [-0.25, -0.2) is 9.59 Å². The van der Waals surface area contributed by atoms with Gasteiger partial charge in [0.05, 0.1) is 0 Å². The maximum absolute atomic E-state index is 14.5. The average molecular weight is 1030 g/mol. The number of rotatable bonds is 8. The summed E-state index contributed by atoms with van der Waals surface area (Å²) in [5.74, 6) is -3.78. The van der Waals surface area contributed by atoms with E-state index >= 15 is 0 Å². The van der Waals surface area contributed by atoms with Crippen LogP contribution in [0.5, 0.6) is 0 Å². The molecule has 6 aromatic rings. The lowest BCUT2D eigenvalue weighted by molar-refractivity contribution is -0.275. The summed E-state index contributed by atoms with van der Waals surface area (Å²) in [6.07, 6.45) is -11.2. The SMILES string of the molecule is O=C1O[C@](c2ccccc2)(C(F)(F)F)CC(c2ccc(Br)cc2)=C1NC(=O)c1ccccc1.O=C1O[C@](c2ccccc2)(C(F)(F)F)CC(c2ccc(Br)cc2)=C1NC(=O)c1ccccc1. The normalized spacial score (nSPS) is 18.6. The fourth-order valence-corrected chi connectivity index (χ4v) is 7.92. The van der Waals surface area contributed by atoms with Crippen LogP contribution in [0.1, 0.15) is 55.8 Å². The molecule has 66 heavy (non-hydrogen) atoms. The summed E-state index contributed by atoms with van der Waals surface area (Å²) >= 11 is 6.60. The van der Waals surface area contributed by atoms with Crippen molar-refractivity contribution < 1.29 is 55.0 Å². The van der Waals surface area contributed by atoms with Crippen LogP contribution in [-0.4, -0.2) is 36.1 Å². The second kappa shape index (κ2) is 19.4. The molecule has 8 nitrogen and oxygen atoms in total. The van der Waals surface area contributed by atoms with Crippen molar-refractivity contribution in [3.8, 4) is 0 Å². The lowest BCUT2D eigenvalue weighted by Crippen LogP contribution is -2.50. The third kappa shape index (κ3) is 9.89. The monoisotopic (exact) mass is 1030 g/mol. The van der Waals surface area contributed by atoms with Crippen LogP contribution in [0.15, 0.2) is 190 Å². The van der Waals surface area contributed by atoms with E-state index in [9.17, 15) is 45.5 Å². The van der Waals surface area contributed by atoms with Gasteiger partial charge < -0.3 is 20.1 Å². The van der Waals surface area contributed by atoms with Crippen LogP contribution in [0.4, 0.5) is 26.3 Å². The molecule has 0 saturated heterocycles. The van der Waals surface area contributed by atoms with Crippen LogP contribution in [-0.2, 0) is 30.3 Å². The molecule has 2 amide bonds. The number of hydrogen-bond donors (Lipinski definition) is 2. The second-order valence-electron chi connectivity index (χ2n) is 14.9. The Morgan fingerprint density at radius 1 is 0.455 bits per heavy atom. The molecule has 336 valence electrons. The van der Waals surface area contributed by atoms with Gasteiger partial charge in [-0.1, -0.05) is 153 Å². The van der Waals surface area contributed by atoms with Crippen molar-refractivity contribution in [3.63, 3.8) is 0 Å². The van der Waals surface area contributed by atoms with Crippen LogP contribution in [0, 0.1) is 0 Å². The van der Waals surface area contributed by atoms with Crippen molar-refractivity contribution in [2.45, 2.75) is 36.4 Å². The van der Waals surface area contributed by atoms with Crippen molar-refractivity contribution >= 4 is 66.8 Å². The van der Waals surface area contributed by atoms with Gasteiger partial charge in [0.1, 0.15) is 11.4 Å². The zero-order valence-electron chi connectivity index (χ0n) is 34.1. The van der Waals surface area contributed by atoms with E-state index in [0.717, 1.165) is 0 Å². The predicted octanol–water partition coefficient (Wildman–Crippen LogP) is 12.0. The molecular formula is C50H34Br2F6N2O6. The zero-order valence-corrected chi connectivity index (χ0v) is 37.2. The van der Waals surface area contributed by atoms with Crippen molar-refractivity contribution in [2.24, 2.45) is 0 Å². The van der Waals surface area contributed by atoms with Crippen molar-refractivity contribution in [1.29, 1.82) is 0 Å². The molecule has 8 rings (SSSR count). The van der Waals surface area contributed by atoms with Crippen molar-refractivity contribution in [3.05, 3.63) is 224 Å². The summed E-state index contributed by atoms with van der Waals surface area (Å²) in [7, 11) is 0. The first-order valence-electron chi connectivity index (χ1n) is 19.8. The van der Waals surface area contributed by atoms with Gasteiger partial charge in [-0.15, -0.1) is 0 Å². The third-order valence-electron chi connectivity index (χ3n) is 10.7. The Bertz CT molecular complexity index is 2610. The minimum absolute atomic E-state index is 0.0317. The van der Waals surface area contributed by atoms with Gasteiger partial charge in [0.25, 0.3) is 11.8 Å². The quantitative estimate of drug-likeness (QED) is 0.116. The molecule has 2 heterocycles. The zero-order chi connectivity index (χ0) is 47.3. The molecule has 2 aliphatic rings. The molecule has 0 spiro atoms. The molecule has 0 radical (unpaired) electrons. The van der Waals surface area contributed by atoms with Crippen LogP contribution < -0.4 is 10.6 Å². The Balaban J connectivity index is 0.000000196. The molecule has 0 saturated carbocycles. The lowest BCUT2D eigenvalue weighted by atomic mass is 9.81. The van der Waals surface area contributed by atoms with Gasteiger partial charge in [0.15, 0.2) is 0 Å². The van der Waals surface area contributed by atoms with Crippen LogP contribution >= 0.6 is 31.9 Å². The first kappa shape index (κ1) is 47.2. The van der Waals surface area contributed by atoms with Gasteiger partial charge in [-0.3, -0.25) is 9.59 Å². The van der Waals surface area contributed by atoms with Crippen LogP contribution in [0.3, 0.4) is 0 Å². The first-order chi connectivity index (χ1) is 31.4. The Hall–Kier alpha value is -6.78. The number of halogens is 8. The highest BCUT2D eigenvalue weighted by Crippen LogP contribution is 2.53. The number of amides is 2. The molecule has 0 fully saturated rings. The molecule has 0 unspecified atom stereocenters. The largest absolute Gasteiger partial charge is 0.439 e. The summed E-state index contributed by atoms with van der Waals surface area (Å²) in [4.78, 5) is 51.6. The number of carbonyl (C=O) groups excluding carboxylic acids is 4. The highest BCUT2D eigenvalue weighted by molar-refractivity contribution is 9.10. The number of esters is 2. The average Bonchev–Trinajstić information content (AvgIpc) is 3.31. The van der Waals surface area contributed by atoms with Gasteiger partial charge in [0, 0.05) is 44.0 Å². The number of cyclic esters (lactones) is 2. The van der Waals surface area contributed by atoms with E-state index in [4.69, 9.17) is 9.47 Å². The Kier molecular flexibility index (Phi) is 13.8. The van der Waals surface area contributed by atoms with E-state index in [1.807, 2.05) is 0 Å². The first-order valence-corrected chi connectivity index (χ1v) is 21.4. The van der Waals surface area contributed by atoms with Gasteiger partial charge in [0.2, 0.25) is 11.2 Å². The van der Waals surface area contributed by atoms with E-state index in [1.165, 1.54) is 72.8 Å². The number of alkyl halides is 6. The number of nitrogens with one attached hydrogen (secondary N) is 2. The Morgan fingerprint density at radius 3 is 1.03 bits per heavy atom. The summed E-state index contributed by atoms with van der Waals surface area (Å²) in [6, 6.07) is 43.1. The minimum Gasteiger partial charge on any atom is -0.439 e. The van der Waals surface area contributed by atoms with E-state index in [-0.39, 0.29) is 44.8 Å². The van der Waals surface area contributed by atoms with Crippen molar-refractivity contribution in [2.75, 3.05) is 0 Å². The topological polar surface area (TPSA) is 111 Å². The number of ether oxygens (including phenoxy) is 2. The summed E-state index contributed by atoms with van der Waals surface area (Å²) in [5.41, 5.74) is -5.53. The van der Waals surface area contributed by atoms with Gasteiger partial charge in [-0.05, 0) is 70.8 Å². The number of carbonyl (C=O) groups is 4. The van der Waals surface area contributed by atoms with Crippen LogP contribution in [0.25, 0.3) is 11.1 Å². The van der Waals surface area contributed by atoms with E-state index in [1.54, 1.807) is 97.1 Å². The number of hydrogen-bond acceptors (Lipinski definition) is 6. The molecule has 0 aromatic heterocycles. The Morgan fingerprint density at radius 2 is 0.742 bits per heavy atom. The summed E-state index contributed by atoms with van der Waals surface area (Å²) in [6.45, 7) is 0. The molecule has 0 aliphatic carbocycles. The lowest BCUT2D eigenvalue weighted by Gasteiger charge is -2.40. The van der Waals surface area contributed by atoms with E-state index in [0.29, 0.717) is 20.1 Å². The molecule has 2 N–H and O–H groups in total. The van der Waals surface area contributed by atoms with Crippen molar-refractivity contribution in [1.82, 2.24) is 10.6 Å². The van der Waals surface area contributed by atoms with E-state index < -0.39 is 60.1 Å². The maximum Gasteiger partial charge on any atom is 0.433 e. The molecule has 16 heteroatoms. The fraction of sp³-hybridized carbons (Fsp3) is 0.120. The standard InChI is InChI=1S/2C25H17BrF3NO3/c2*26-19-13-11-16(12-14-19)20-15-24(25(27,28)29,18-9-5-2-6-10-18)33-23(32)21(20)30-22(31)17-7-3-1-4-8-17/h2*1-14H,15H2,(H,30,31)/t2*24-/m11/s1. The summed E-state index contributed by atoms with van der Waals surface area (Å²) in [5, 5.41) is 4.95. The number of benzene rings is 6. The third-order valence-corrected chi connectivity index (χ3v) is 11.8. The second-order valence-corrected chi connectivity index (χ2v) is 16.7.